The van der Waals surface area contributed by atoms with Crippen molar-refractivity contribution in [3.63, 3.8) is 0 Å². The van der Waals surface area contributed by atoms with Gasteiger partial charge in [-0.05, 0) is 57.9 Å². The molecule has 4 heterocycles. The molecule has 2 atom stereocenters. The Labute approximate surface area is 202 Å². The van der Waals surface area contributed by atoms with Gasteiger partial charge in [0.25, 0.3) is 0 Å². The van der Waals surface area contributed by atoms with E-state index >= 15 is 0 Å². The minimum absolute atomic E-state index is 0.137. The van der Waals surface area contributed by atoms with E-state index in [1.54, 1.807) is 23.7 Å². The lowest BCUT2D eigenvalue weighted by atomic mass is 10.0. The van der Waals surface area contributed by atoms with E-state index in [1.807, 2.05) is 19.9 Å². The summed E-state index contributed by atoms with van der Waals surface area (Å²) in [6.07, 6.45) is 4.74. The molecular weight excluding hydrogens is 455 g/mol. The van der Waals surface area contributed by atoms with Crippen LogP contribution in [0.4, 0.5) is 10.2 Å². The summed E-state index contributed by atoms with van der Waals surface area (Å²) in [6, 6.07) is 6.29. The van der Waals surface area contributed by atoms with Crippen molar-refractivity contribution < 1.29 is 28.1 Å². The lowest BCUT2D eigenvalue weighted by Crippen LogP contribution is -2.26. The molecule has 0 amide bonds. The summed E-state index contributed by atoms with van der Waals surface area (Å²) in [5.41, 5.74) is 1.48. The molecule has 1 aromatic carbocycles. The molecule has 2 aliphatic heterocycles. The van der Waals surface area contributed by atoms with Crippen LogP contribution in [0.1, 0.15) is 55.6 Å². The predicted octanol–water partition coefficient (Wildman–Crippen LogP) is 3.92. The van der Waals surface area contributed by atoms with Gasteiger partial charge in [0, 0.05) is 18.3 Å². The molecule has 2 fully saturated rings. The van der Waals surface area contributed by atoms with Crippen LogP contribution in [0.5, 0.6) is 5.75 Å². The molecule has 0 aliphatic carbocycles. The van der Waals surface area contributed by atoms with E-state index in [0.29, 0.717) is 36.0 Å². The number of aromatic nitrogens is 3. The quantitative estimate of drug-likeness (QED) is 0.467. The van der Waals surface area contributed by atoms with Gasteiger partial charge in [-0.2, -0.15) is 5.10 Å². The van der Waals surface area contributed by atoms with Crippen LogP contribution in [0.3, 0.4) is 0 Å². The van der Waals surface area contributed by atoms with Crippen LogP contribution in [0.2, 0.25) is 0 Å². The van der Waals surface area contributed by atoms with E-state index in [0.717, 1.165) is 24.9 Å². The summed E-state index contributed by atoms with van der Waals surface area (Å²) in [4.78, 5) is 19.2. The van der Waals surface area contributed by atoms with Gasteiger partial charge in [-0.1, -0.05) is 0 Å². The summed E-state index contributed by atoms with van der Waals surface area (Å²) in [7, 11) is 0. The normalized spacial score (nSPS) is 21.5. The fraction of sp³-hybridized carbons (Fsp3) is 0.480. The predicted molar refractivity (Wildman–Crippen MR) is 125 cm³/mol. The van der Waals surface area contributed by atoms with Crippen molar-refractivity contribution in [1.82, 2.24) is 14.6 Å². The fourth-order valence-electron chi connectivity index (χ4n) is 4.68. The summed E-state index contributed by atoms with van der Waals surface area (Å²) in [5, 5.41) is 4.21. The van der Waals surface area contributed by atoms with E-state index in [4.69, 9.17) is 23.9 Å². The number of ether oxygens (including phenoxy) is 4. The largest absolute Gasteiger partial charge is 0.490 e. The number of halogens is 1. The molecule has 0 N–H and O–H groups in total. The van der Waals surface area contributed by atoms with E-state index in [1.165, 1.54) is 18.3 Å². The number of hydrogen-bond donors (Lipinski definition) is 0. The van der Waals surface area contributed by atoms with Crippen molar-refractivity contribution in [2.75, 3.05) is 31.3 Å². The fourth-order valence-corrected chi connectivity index (χ4v) is 4.68. The smallest absolute Gasteiger partial charge is 0.343 e. The van der Waals surface area contributed by atoms with Crippen LogP contribution in [-0.4, -0.2) is 58.8 Å². The average Bonchev–Trinajstić information content (AvgIpc) is 3.55. The Hall–Kier alpha value is -3.24. The van der Waals surface area contributed by atoms with Gasteiger partial charge in [0.2, 0.25) is 0 Å². The Balaban J connectivity index is 1.42. The third-order valence-corrected chi connectivity index (χ3v) is 6.22. The summed E-state index contributed by atoms with van der Waals surface area (Å²) in [5.74, 6) is -0.149. The summed E-state index contributed by atoms with van der Waals surface area (Å²) in [6.45, 7) is 7.23. The number of anilines is 1. The number of fused-ring (bicyclic) bond motifs is 1. The van der Waals surface area contributed by atoms with Gasteiger partial charge in [-0.3, -0.25) is 0 Å². The number of benzene rings is 1. The Morgan fingerprint density at radius 1 is 1.31 bits per heavy atom. The highest BCUT2D eigenvalue weighted by atomic mass is 19.1. The van der Waals surface area contributed by atoms with Crippen LogP contribution >= 0.6 is 0 Å². The molecule has 2 aromatic heterocycles. The molecule has 2 unspecified atom stereocenters. The van der Waals surface area contributed by atoms with Crippen LogP contribution in [-0.2, 0) is 14.2 Å². The molecule has 2 aliphatic rings. The second-order valence-electron chi connectivity index (χ2n) is 9.13. The highest BCUT2D eigenvalue weighted by Crippen LogP contribution is 2.40. The Kier molecular flexibility index (Phi) is 6.33. The van der Waals surface area contributed by atoms with E-state index in [2.05, 4.69) is 10.00 Å². The average molecular weight is 485 g/mol. The van der Waals surface area contributed by atoms with Gasteiger partial charge >= 0.3 is 5.97 Å². The molecule has 9 nitrogen and oxygen atoms in total. The molecule has 3 aromatic rings. The second-order valence-corrected chi connectivity index (χ2v) is 9.13. The summed E-state index contributed by atoms with van der Waals surface area (Å²) >= 11 is 0. The number of hydrogen-bond acceptors (Lipinski definition) is 8. The van der Waals surface area contributed by atoms with Gasteiger partial charge in [0.1, 0.15) is 35.7 Å². The van der Waals surface area contributed by atoms with Crippen molar-refractivity contribution in [1.29, 1.82) is 0 Å². The Bertz CT molecular complexity index is 1230. The van der Waals surface area contributed by atoms with Gasteiger partial charge in [-0.15, -0.1) is 0 Å². The van der Waals surface area contributed by atoms with Crippen LogP contribution < -0.4 is 9.64 Å². The number of rotatable bonds is 7. The zero-order valence-corrected chi connectivity index (χ0v) is 20.1. The zero-order valence-electron chi connectivity index (χ0n) is 20.1. The van der Waals surface area contributed by atoms with Crippen LogP contribution in [0, 0.1) is 5.82 Å². The Morgan fingerprint density at radius 3 is 2.94 bits per heavy atom. The van der Waals surface area contributed by atoms with E-state index in [9.17, 15) is 9.18 Å². The highest BCUT2D eigenvalue weighted by Gasteiger charge is 2.34. The van der Waals surface area contributed by atoms with Gasteiger partial charge in [0.15, 0.2) is 11.4 Å². The molecule has 0 bridgehead atoms. The standard InChI is InChI=1S/C25H29FN4O5/c1-4-32-24(31)19-13-27-30-11-9-22(28-23(19)30)29-10-5-6-20(29)18-12-16(26)7-8-21(18)33-14-17-15-34-25(2,3)35-17/h7-9,11-13,17,20H,4-6,10,14-15H2,1-3H3. The third-order valence-electron chi connectivity index (χ3n) is 6.22. The molecule has 10 heteroatoms. The second kappa shape index (κ2) is 9.43. The van der Waals surface area contributed by atoms with Crippen molar-refractivity contribution in [2.24, 2.45) is 0 Å². The molecule has 0 spiro atoms. The monoisotopic (exact) mass is 484 g/mol. The molecule has 5 rings (SSSR count). The topological polar surface area (TPSA) is 87.4 Å². The van der Waals surface area contributed by atoms with Crippen molar-refractivity contribution in [3.05, 3.63) is 53.6 Å². The maximum Gasteiger partial charge on any atom is 0.343 e. The lowest BCUT2D eigenvalue weighted by Gasteiger charge is -2.28. The first-order valence-electron chi connectivity index (χ1n) is 11.9. The number of esters is 1. The Morgan fingerprint density at radius 2 is 2.17 bits per heavy atom. The minimum Gasteiger partial charge on any atom is -0.490 e. The minimum atomic E-state index is -0.637. The van der Waals surface area contributed by atoms with Gasteiger partial charge in [0.05, 0.1) is 25.5 Å². The molecule has 35 heavy (non-hydrogen) atoms. The molecule has 2 saturated heterocycles. The maximum absolute atomic E-state index is 14.4. The number of nitrogens with zero attached hydrogens (tertiary/aromatic N) is 4. The first-order valence-corrected chi connectivity index (χ1v) is 11.9. The first kappa shape index (κ1) is 23.5. The van der Waals surface area contributed by atoms with Crippen molar-refractivity contribution in [2.45, 2.75) is 51.5 Å². The molecule has 0 radical (unpaired) electrons. The van der Waals surface area contributed by atoms with Crippen LogP contribution in [0.15, 0.2) is 36.7 Å². The van der Waals surface area contributed by atoms with E-state index in [-0.39, 0.29) is 24.6 Å². The van der Waals surface area contributed by atoms with Gasteiger partial charge < -0.3 is 23.8 Å². The van der Waals surface area contributed by atoms with Crippen molar-refractivity contribution in [3.8, 4) is 5.75 Å². The first-order chi connectivity index (χ1) is 16.8. The van der Waals surface area contributed by atoms with E-state index < -0.39 is 11.8 Å². The summed E-state index contributed by atoms with van der Waals surface area (Å²) < 4.78 is 38.6. The van der Waals surface area contributed by atoms with Crippen LogP contribution in [0.25, 0.3) is 5.65 Å². The van der Waals surface area contributed by atoms with Crippen molar-refractivity contribution >= 4 is 17.4 Å². The number of carbonyl (C=O) groups is 1. The zero-order chi connectivity index (χ0) is 24.6. The molecule has 0 saturated carbocycles. The highest BCUT2D eigenvalue weighted by molar-refractivity contribution is 5.95. The van der Waals surface area contributed by atoms with Gasteiger partial charge in [-0.25, -0.2) is 18.7 Å². The maximum atomic E-state index is 14.4. The molecule has 186 valence electrons. The molecular formula is C25H29FN4O5. The lowest BCUT2D eigenvalue weighted by molar-refractivity contribution is -0.141. The number of carbonyl (C=O) groups excluding carboxylic acids is 1. The third kappa shape index (κ3) is 4.81. The SMILES string of the molecule is CCOC(=O)c1cnn2ccc(N3CCCC3c3cc(F)ccc3OCC3COC(C)(C)O3)nc12.